The van der Waals surface area contributed by atoms with Crippen molar-refractivity contribution in [2.24, 2.45) is 5.41 Å². The lowest BCUT2D eigenvalue weighted by Gasteiger charge is -2.44. The average molecular weight is 584 g/mol. The van der Waals surface area contributed by atoms with Crippen molar-refractivity contribution in [1.82, 2.24) is 34.1 Å². The number of hydrogen-bond donors (Lipinski definition) is 0. The first-order valence-corrected chi connectivity index (χ1v) is 13.9. The molecule has 6 rings (SSSR count). The van der Waals surface area contributed by atoms with E-state index in [-0.39, 0.29) is 24.5 Å². The molecule has 1 aliphatic heterocycles. The zero-order valence-electron chi connectivity index (χ0n) is 22.0. The minimum absolute atomic E-state index is 0.228. The highest BCUT2D eigenvalue weighted by Crippen LogP contribution is 2.48. The molecule has 0 saturated carbocycles. The van der Waals surface area contributed by atoms with Crippen LogP contribution in [0.25, 0.3) is 11.8 Å². The molecule has 4 heterocycles. The fourth-order valence-electron chi connectivity index (χ4n) is 5.42. The molecule has 0 radical (unpaired) electrons. The largest absolute Gasteiger partial charge is 0.416 e. The Labute approximate surface area is 237 Å². The Morgan fingerprint density at radius 2 is 1.93 bits per heavy atom. The lowest BCUT2D eigenvalue weighted by atomic mass is 9.65. The highest BCUT2D eigenvalue weighted by molar-refractivity contribution is 7.97. The van der Waals surface area contributed by atoms with Crippen molar-refractivity contribution in [2.75, 3.05) is 13.1 Å². The quantitative estimate of drug-likeness (QED) is 0.158. The number of halogens is 4. The van der Waals surface area contributed by atoms with Crippen LogP contribution in [0.15, 0.2) is 65.6 Å². The van der Waals surface area contributed by atoms with E-state index in [4.69, 9.17) is 0 Å². The SMILES string of the molecule is CCCn1ncc(SN2CCC3=Cc4c(cnn4-c4ccc(F)cc4)CC3(C(=O)c3cc(C(F)(F)F)ccn3)C2)n1. The number of rotatable bonds is 7. The number of ketones is 1. The number of hydrogen-bond acceptors (Lipinski definition) is 7. The van der Waals surface area contributed by atoms with Crippen LogP contribution in [0.1, 0.15) is 47.1 Å². The maximum absolute atomic E-state index is 14.2. The van der Waals surface area contributed by atoms with E-state index in [1.54, 1.807) is 34.0 Å². The van der Waals surface area contributed by atoms with Gasteiger partial charge in [-0.1, -0.05) is 12.5 Å². The van der Waals surface area contributed by atoms with Crippen molar-refractivity contribution in [1.29, 1.82) is 0 Å². The molecular weight excluding hydrogens is 558 g/mol. The highest BCUT2D eigenvalue weighted by atomic mass is 32.2. The molecule has 41 heavy (non-hydrogen) atoms. The normalized spacial score (nSPS) is 19.0. The van der Waals surface area contributed by atoms with Crippen LogP contribution in [0.4, 0.5) is 17.6 Å². The summed E-state index contributed by atoms with van der Waals surface area (Å²) in [6.07, 6.45) is 3.25. The van der Waals surface area contributed by atoms with Gasteiger partial charge in [0.15, 0.2) is 10.8 Å². The molecule has 1 fully saturated rings. The third-order valence-corrected chi connectivity index (χ3v) is 8.31. The van der Waals surface area contributed by atoms with Gasteiger partial charge in [-0.15, -0.1) is 5.10 Å². The van der Waals surface area contributed by atoms with E-state index < -0.39 is 22.9 Å². The summed E-state index contributed by atoms with van der Waals surface area (Å²) in [5.74, 6) is -0.846. The van der Waals surface area contributed by atoms with E-state index in [9.17, 15) is 22.4 Å². The van der Waals surface area contributed by atoms with Gasteiger partial charge in [0.25, 0.3) is 0 Å². The second-order valence-corrected chi connectivity index (χ2v) is 11.2. The van der Waals surface area contributed by atoms with Gasteiger partial charge in [-0.2, -0.15) is 28.2 Å². The topological polar surface area (TPSA) is 81.7 Å². The van der Waals surface area contributed by atoms with Crippen LogP contribution in [0, 0.1) is 11.2 Å². The van der Waals surface area contributed by atoms with Crippen LogP contribution in [0.5, 0.6) is 0 Å². The Morgan fingerprint density at radius 1 is 1.12 bits per heavy atom. The van der Waals surface area contributed by atoms with Gasteiger partial charge in [0.1, 0.15) is 11.5 Å². The summed E-state index contributed by atoms with van der Waals surface area (Å²) < 4.78 is 57.9. The molecule has 13 heteroatoms. The first-order chi connectivity index (χ1) is 19.7. The Kier molecular flexibility index (Phi) is 7.02. The van der Waals surface area contributed by atoms with E-state index in [1.165, 1.54) is 24.1 Å². The second kappa shape index (κ2) is 10.5. The van der Waals surface area contributed by atoms with E-state index in [0.717, 1.165) is 41.6 Å². The van der Waals surface area contributed by atoms with Gasteiger partial charge in [-0.25, -0.2) is 13.4 Å². The predicted octanol–water partition coefficient (Wildman–Crippen LogP) is 5.65. The Balaban J connectivity index is 1.39. The number of alkyl halides is 3. The number of benzene rings is 1. The molecule has 212 valence electrons. The number of piperidine rings is 1. The van der Waals surface area contributed by atoms with E-state index in [2.05, 4.69) is 20.3 Å². The maximum atomic E-state index is 14.2. The standard InChI is InChI=1S/C28H25F4N7OS/c1-2-10-38-34-16-25(36-38)41-37-11-8-19-13-24-18(15-35-39(24)22-5-3-21(29)4-6-22)14-27(19,17-37)26(40)23-12-20(7-9-33-23)28(30,31)32/h3-7,9,12-13,15-16H,2,8,10-11,14,17H2,1H3. The summed E-state index contributed by atoms with van der Waals surface area (Å²) in [6, 6.07) is 7.61. The number of pyridine rings is 1. The molecule has 1 saturated heterocycles. The van der Waals surface area contributed by atoms with Crippen molar-refractivity contribution in [3.05, 3.63) is 88.9 Å². The smallest absolute Gasteiger partial charge is 0.291 e. The van der Waals surface area contributed by atoms with E-state index in [0.29, 0.717) is 30.2 Å². The van der Waals surface area contributed by atoms with Gasteiger partial charge in [0.05, 0.1) is 41.3 Å². The van der Waals surface area contributed by atoms with Crippen LogP contribution >= 0.6 is 11.9 Å². The first kappa shape index (κ1) is 27.3. The molecule has 0 N–H and O–H groups in total. The fourth-order valence-corrected chi connectivity index (χ4v) is 6.38. The second-order valence-electron chi connectivity index (χ2n) is 10.1. The number of nitrogens with zero attached hydrogens (tertiary/aromatic N) is 7. The van der Waals surface area contributed by atoms with Gasteiger partial charge < -0.3 is 0 Å². The number of aromatic nitrogens is 6. The zero-order valence-corrected chi connectivity index (χ0v) is 22.8. The molecule has 2 aliphatic rings. The minimum atomic E-state index is -4.61. The molecule has 0 bridgehead atoms. The summed E-state index contributed by atoms with van der Waals surface area (Å²) in [5.41, 5.74) is 0.658. The molecule has 1 aromatic carbocycles. The average Bonchev–Trinajstić information content (AvgIpc) is 3.57. The third-order valence-electron chi connectivity index (χ3n) is 7.37. The molecule has 1 unspecified atom stereocenters. The molecule has 4 aromatic rings. The molecule has 0 spiro atoms. The number of aryl methyl sites for hydroxylation is 1. The molecule has 1 aliphatic carbocycles. The van der Waals surface area contributed by atoms with Crippen molar-refractivity contribution in [3.63, 3.8) is 0 Å². The fraction of sp³-hybridized carbons (Fsp3) is 0.321. The Morgan fingerprint density at radius 3 is 2.68 bits per heavy atom. The van der Waals surface area contributed by atoms with Crippen LogP contribution in [0.2, 0.25) is 0 Å². The summed E-state index contributed by atoms with van der Waals surface area (Å²) in [5, 5.41) is 14.0. The van der Waals surface area contributed by atoms with Gasteiger partial charge in [-0.05, 0) is 79.2 Å². The van der Waals surface area contributed by atoms with Crippen molar-refractivity contribution in [2.45, 2.75) is 43.9 Å². The summed E-state index contributed by atoms with van der Waals surface area (Å²) in [6.45, 7) is 3.53. The Bertz CT molecular complexity index is 1630. The zero-order chi connectivity index (χ0) is 28.8. The van der Waals surface area contributed by atoms with Gasteiger partial charge in [-0.3, -0.25) is 9.78 Å². The van der Waals surface area contributed by atoms with E-state index in [1.807, 2.05) is 17.3 Å². The van der Waals surface area contributed by atoms with Gasteiger partial charge in [0.2, 0.25) is 0 Å². The van der Waals surface area contributed by atoms with Crippen LogP contribution in [0.3, 0.4) is 0 Å². The van der Waals surface area contributed by atoms with Gasteiger partial charge in [0, 0.05) is 19.3 Å². The molecule has 1 atom stereocenters. The lowest BCUT2D eigenvalue weighted by molar-refractivity contribution is -0.137. The Hall–Kier alpha value is -3.84. The lowest BCUT2D eigenvalue weighted by Crippen LogP contribution is -2.49. The summed E-state index contributed by atoms with van der Waals surface area (Å²) >= 11 is 1.37. The predicted molar refractivity (Wildman–Crippen MR) is 144 cm³/mol. The number of Topliss-reactive ketones (excluding diaryl/α,β-unsaturated/α-hetero) is 1. The number of fused-ring (bicyclic) bond motifs is 2. The van der Waals surface area contributed by atoms with Crippen LogP contribution in [-0.4, -0.2) is 52.9 Å². The van der Waals surface area contributed by atoms with Crippen LogP contribution in [-0.2, 0) is 19.1 Å². The first-order valence-electron chi connectivity index (χ1n) is 13.1. The third kappa shape index (κ3) is 5.19. The monoisotopic (exact) mass is 583 g/mol. The maximum Gasteiger partial charge on any atom is 0.416 e. The number of carbonyl (C=O) groups excluding carboxylic acids is 1. The number of carbonyl (C=O) groups is 1. The van der Waals surface area contributed by atoms with E-state index >= 15 is 0 Å². The molecule has 3 aromatic heterocycles. The molecule has 8 nitrogen and oxygen atoms in total. The molecule has 0 amide bonds. The molecular formula is C28H25F4N7OS. The van der Waals surface area contributed by atoms with Crippen molar-refractivity contribution < 1.29 is 22.4 Å². The van der Waals surface area contributed by atoms with Crippen molar-refractivity contribution in [3.8, 4) is 5.69 Å². The van der Waals surface area contributed by atoms with Crippen molar-refractivity contribution >= 4 is 23.8 Å². The van der Waals surface area contributed by atoms with Crippen LogP contribution < -0.4 is 0 Å². The minimum Gasteiger partial charge on any atom is -0.291 e. The van der Waals surface area contributed by atoms with Gasteiger partial charge >= 0.3 is 6.18 Å². The highest BCUT2D eigenvalue weighted by Gasteiger charge is 2.50. The summed E-state index contributed by atoms with van der Waals surface area (Å²) in [7, 11) is 0. The summed E-state index contributed by atoms with van der Waals surface area (Å²) in [4.78, 5) is 19.9.